The van der Waals surface area contributed by atoms with Crippen molar-refractivity contribution < 1.29 is 9.47 Å². The predicted octanol–water partition coefficient (Wildman–Crippen LogP) is 2.92. The smallest absolute Gasteiger partial charge is 0.191 e. The molecule has 2 N–H and O–H groups in total. The van der Waals surface area contributed by atoms with E-state index < -0.39 is 0 Å². The highest BCUT2D eigenvalue weighted by Crippen LogP contribution is 2.19. The predicted molar refractivity (Wildman–Crippen MR) is 103 cm³/mol. The Hall–Kier alpha value is -2.69. The Bertz CT molecular complexity index is 714. The quantitative estimate of drug-likeness (QED) is 0.601. The fraction of sp³-hybridized carbons (Fsp3) is 0.350. The van der Waals surface area contributed by atoms with Crippen LogP contribution in [0.1, 0.15) is 16.7 Å². The van der Waals surface area contributed by atoms with Gasteiger partial charge in [-0.05, 0) is 48.2 Å². The highest BCUT2D eigenvalue weighted by molar-refractivity contribution is 5.79. The van der Waals surface area contributed by atoms with Crippen LogP contribution in [0.25, 0.3) is 0 Å². The van der Waals surface area contributed by atoms with Gasteiger partial charge in [0.15, 0.2) is 5.96 Å². The normalized spacial score (nSPS) is 11.1. The lowest BCUT2D eigenvalue weighted by atomic mass is 10.1. The molecule has 5 heteroatoms. The van der Waals surface area contributed by atoms with Gasteiger partial charge in [-0.15, -0.1) is 0 Å². The summed E-state index contributed by atoms with van der Waals surface area (Å²) in [6, 6.07) is 14.3. The maximum atomic E-state index is 5.37. The average Bonchev–Trinajstić information content (AvgIpc) is 2.65. The summed E-state index contributed by atoms with van der Waals surface area (Å²) in [7, 11) is 5.15. The van der Waals surface area contributed by atoms with Crippen molar-refractivity contribution in [2.24, 2.45) is 4.99 Å². The molecule has 2 aromatic rings. The number of hydrogen-bond acceptors (Lipinski definition) is 3. The van der Waals surface area contributed by atoms with E-state index in [1.807, 2.05) is 25.1 Å². The number of aryl methyl sites for hydroxylation is 1. The zero-order valence-electron chi connectivity index (χ0n) is 15.4. The van der Waals surface area contributed by atoms with Crippen LogP contribution in [0.4, 0.5) is 0 Å². The lowest BCUT2D eigenvalue weighted by molar-refractivity contribution is 0.411. The van der Waals surface area contributed by atoms with Gasteiger partial charge in [0, 0.05) is 20.1 Å². The van der Waals surface area contributed by atoms with E-state index in [9.17, 15) is 0 Å². The van der Waals surface area contributed by atoms with Crippen LogP contribution >= 0.6 is 0 Å². The molecule has 0 heterocycles. The highest BCUT2D eigenvalue weighted by Gasteiger charge is 2.02. The first-order valence-electron chi connectivity index (χ1n) is 8.37. The van der Waals surface area contributed by atoms with Crippen molar-refractivity contribution in [3.05, 3.63) is 59.2 Å². The SMILES string of the molecule is CN=C(NCCc1ccc(C)c(OC)c1)NCc1cccc(OC)c1. The summed E-state index contributed by atoms with van der Waals surface area (Å²) < 4.78 is 10.6. The zero-order chi connectivity index (χ0) is 18.1. The molecule has 134 valence electrons. The highest BCUT2D eigenvalue weighted by atomic mass is 16.5. The van der Waals surface area contributed by atoms with Gasteiger partial charge in [-0.2, -0.15) is 0 Å². The van der Waals surface area contributed by atoms with E-state index in [2.05, 4.69) is 39.9 Å². The molecule has 2 rings (SSSR count). The van der Waals surface area contributed by atoms with E-state index in [1.54, 1.807) is 21.3 Å². The van der Waals surface area contributed by atoms with Crippen LogP contribution in [0, 0.1) is 6.92 Å². The number of ether oxygens (including phenoxy) is 2. The molecule has 0 atom stereocenters. The Morgan fingerprint density at radius 3 is 2.56 bits per heavy atom. The first-order chi connectivity index (χ1) is 12.2. The maximum Gasteiger partial charge on any atom is 0.191 e. The van der Waals surface area contributed by atoms with Gasteiger partial charge in [0.1, 0.15) is 11.5 Å². The maximum absolute atomic E-state index is 5.37. The topological polar surface area (TPSA) is 54.9 Å². The van der Waals surface area contributed by atoms with Crippen molar-refractivity contribution in [3.8, 4) is 11.5 Å². The van der Waals surface area contributed by atoms with Gasteiger partial charge >= 0.3 is 0 Å². The van der Waals surface area contributed by atoms with E-state index in [-0.39, 0.29) is 0 Å². The number of rotatable bonds is 7. The summed E-state index contributed by atoms with van der Waals surface area (Å²) in [5.41, 5.74) is 3.53. The molecule has 25 heavy (non-hydrogen) atoms. The van der Waals surface area contributed by atoms with Crippen LogP contribution in [-0.2, 0) is 13.0 Å². The van der Waals surface area contributed by atoms with Crippen molar-refractivity contribution >= 4 is 5.96 Å². The minimum Gasteiger partial charge on any atom is -0.497 e. The zero-order valence-corrected chi connectivity index (χ0v) is 15.4. The molecule has 0 aliphatic heterocycles. The molecule has 0 bridgehead atoms. The Morgan fingerprint density at radius 1 is 1.00 bits per heavy atom. The number of methoxy groups -OCH3 is 2. The minimum atomic E-state index is 0.690. The molecule has 0 fully saturated rings. The average molecular weight is 341 g/mol. The van der Waals surface area contributed by atoms with E-state index in [4.69, 9.17) is 9.47 Å². The molecule has 0 aromatic heterocycles. The summed E-state index contributed by atoms with van der Waals surface area (Å²) in [6.07, 6.45) is 0.899. The molecule has 0 saturated carbocycles. The molecule has 0 unspecified atom stereocenters. The molecule has 0 radical (unpaired) electrons. The summed E-state index contributed by atoms with van der Waals surface area (Å²) in [6.45, 7) is 3.53. The van der Waals surface area contributed by atoms with Crippen LogP contribution < -0.4 is 20.1 Å². The van der Waals surface area contributed by atoms with Crippen LogP contribution in [0.15, 0.2) is 47.5 Å². The Morgan fingerprint density at radius 2 is 1.84 bits per heavy atom. The van der Waals surface area contributed by atoms with Gasteiger partial charge < -0.3 is 20.1 Å². The third-order valence-corrected chi connectivity index (χ3v) is 4.00. The molecule has 0 aliphatic carbocycles. The van der Waals surface area contributed by atoms with Crippen LogP contribution in [0.3, 0.4) is 0 Å². The van der Waals surface area contributed by atoms with E-state index in [1.165, 1.54) is 5.56 Å². The number of hydrogen-bond donors (Lipinski definition) is 2. The molecular formula is C20H27N3O2. The second kappa shape index (κ2) is 9.57. The molecule has 0 amide bonds. The molecule has 0 aliphatic rings. The van der Waals surface area contributed by atoms with Gasteiger partial charge in [0.2, 0.25) is 0 Å². The Kier molecular flexibility index (Phi) is 7.14. The number of benzene rings is 2. The summed E-state index contributed by atoms with van der Waals surface area (Å²) >= 11 is 0. The van der Waals surface area contributed by atoms with Crippen molar-refractivity contribution in [2.75, 3.05) is 27.8 Å². The van der Waals surface area contributed by atoms with Crippen LogP contribution in [-0.4, -0.2) is 33.8 Å². The second-order valence-electron chi connectivity index (χ2n) is 5.76. The second-order valence-corrected chi connectivity index (χ2v) is 5.76. The van der Waals surface area contributed by atoms with Crippen LogP contribution in [0.2, 0.25) is 0 Å². The van der Waals surface area contributed by atoms with Crippen molar-refractivity contribution in [1.29, 1.82) is 0 Å². The number of aliphatic imine (C=N–C) groups is 1. The monoisotopic (exact) mass is 341 g/mol. The summed E-state index contributed by atoms with van der Waals surface area (Å²) in [5, 5.41) is 6.65. The Labute approximate surface area is 150 Å². The Balaban J connectivity index is 1.82. The third-order valence-electron chi connectivity index (χ3n) is 4.00. The molecule has 2 aromatic carbocycles. The van der Waals surface area contributed by atoms with Gasteiger partial charge in [0.25, 0.3) is 0 Å². The summed E-state index contributed by atoms with van der Waals surface area (Å²) in [5.74, 6) is 2.57. The largest absolute Gasteiger partial charge is 0.497 e. The van der Waals surface area contributed by atoms with E-state index in [0.29, 0.717) is 6.54 Å². The number of nitrogens with one attached hydrogen (secondary N) is 2. The van der Waals surface area contributed by atoms with Gasteiger partial charge in [-0.25, -0.2) is 0 Å². The lowest BCUT2D eigenvalue weighted by Crippen LogP contribution is -2.37. The molecule has 0 saturated heterocycles. The van der Waals surface area contributed by atoms with Crippen molar-refractivity contribution in [1.82, 2.24) is 10.6 Å². The van der Waals surface area contributed by atoms with Crippen molar-refractivity contribution in [3.63, 3.8) is 0 Å². The molecule has 0 spiro atoms. The fourth-order valence-electron chi connectivity index (χ4n) is 2.53. The first kappa shape index (κ1) is 18.6. The lowest BCUT2D eigenvalue weighted by Gasteiger charge is -2.13. The third kappa shape index (κ3) is 5.71. The minimum absolute atomic E-state index is 0.690. The van der Waals surface area contributed by atoms with Gasteiger partial charge in [-0.1, -0.05) is 24.3 Å². The molecular weight excluding hydrogens is 314 g/mol. The molecule has 5 nitrogen and oxygen atoms in total. The van der Waals surface area contributed by atoms with Crippen LogP contribution in [0.5, 0.6) is 11.5 Å². The summed E-state index contributed by atoms with van der Waals surface area (Å²) in [4.78, 5) is 4.26. The van der Waals surface area contributed by atoms with Crippen molar-refractivity contribution in [2.45, 2.75) is 19.9 Å². The van der Waals surface area contributed by atoms with Gasteiger partial charge in [0.05, 0.1) is 14.2 Å². The van der Waals surface area contributed by atoms with E-state index in [0.717, 1.165) is 41.6 Å². The van der Waals surface area contributed by atoms with E-state index >= 15 is 0 Å². The van der Waals surface area contributed by atoms with Gasteiger partial charge in [-0.3, -0.25) is 4.99 Å². The fourth-order valence-corrected chi connectivity index (χ4v) is 2.53. The number of nitrogens with zero attached hydrogens (tertiary/aromatic N) is 1. The first-order valence-corrected chi connectivity index (χ1v) is 8.37. The standard InChI is InChI=1S/C20H27N3O2/c1-15-8-9-16(13-19(15)25-4)10-11-22-20(21-2)23-14-17-6-5-7-18(12-17)24-3/h5-9,12-13H,10-11,14H2,1-4H3,(H2,21,22,23). The number of guanidine groups is 1.